The molecule has 2 aromatic carbocycles. The van der Waals surface area contributed by atoms with E-state index in [0.29, 0.717) is 13.0 Å². The van der Waals surface area contributed by atoms with Gasteiger partial charge in [0.05, 0.1) is 22.9 Å². The first-order chi connectivity index (χ1) is 15.1. The number of rotatable bonds is 9. The minimum absolute atomic E-state index is 0.102. The molecule has 1 aromatic heterocycles. The van der Waals surface area contributed by atoms with E-state index >= 15 is 0 Å². The van der Waals surface area contributed by atoms with Gasteiger partial charge in [-0.1, -0.05) is 35.9 Å². The van der Waals surface area contributed by atoms with Gasteiger partial charge in [0.2, 0.25) is 5.91 Å². The standard InChI is InChI=1S/C24H27ClN2O2S2/c1-2-17-7-12-21-22(15-17)31-24(26-21)27(16-19-5-3-13-29-19)23(28)6-4-14-30-20-10-8-18(25)9-11-20/h7-12,15,19H,2-6,13-14,16H2,1H3. The van der Waals surface area contributed by atoms with Crippen LogP contribution in [0, 0.1) is 0 Å². The number of hydrogen-bond acceptors (Lipinski definition) is 5. The summed E-state index contributed by atoms with van der Waals surface area (Å²) in [6.45, 7) is 3.52. The number of aryl methyl sites for hydroxylation is 1. The number of amides is 1. The zero-order valence-corrected chi connectivity index (χ0v) is 20.1. The van der Waals surface area contributed by atoms with Crippen molar-refractivity contribution in [1.29, 1.82) is 0 Å². The molecular weight excluding hydrogens is 448 g/mol. The van der Waals surface area contributed by atoms with Crippen molar-refractivity contribution in [3.05, 3.63) is 53.1 Å². The summed E-state index contributed by atoms with van der Waals surface area (Å²) in [5.74, 6) is 1.02. The highest BCUT2D eigenvalue weighted by molar-refractivity contribution is 7.99. The minimum atomic E-state index is 0.102. The summed E-state index contributed by atoms with van der Waals surface area (Å²) in [5.41, 5.74) is 2.25. The first-order valence-electron chi connectivity index (χ1n) is 10.8. The summed E-state index contributed by atoms with van der Waals surface area (Å²) >= 11 is 9.31. The fourth-order valence-electron chi connectivity index (χ4n) is 3.65. The Labute approximate surface area is 196 Å². The summed E-state index contributed by atoms with van der Waals surface area (Å²) in [6.07, 6.45) is 4.48. The zero-order chi connectivity index (χ0) is 21.6. The summed E-state index contributed by atoms with van der Waals surface area (Å²) in [5, 5.41) is 1.53. The summed E-state index contributed by atoms with van der Waals surface area (Å²) in [7, 11) is 0. The second-order valence-corrected chi connectivity index (χ2v) is 10.3. The average Bonchev–Trinajstić information content (AvgIpc) is 3.45. The van der Waals surface area contributed by atoms with Crippen LogP contribution in [-0.2, 0) is 16.0 Å². The molecule has 4 rings (SSSR count). The lowest BCUT2D eigenvalue weighted by atomic mass is 10.2. The number of carbonyl (C=O) groups excluding carboxylic acids is 1. The van der Waals surface area contributed by atoms with E-state index in [1.807, 2.05) is 29.2 Å². The van der Waals surface area contributed by atoms with Crippen LogP contribution < -0.4 is 4.90 Å². The van der Waals surface area contributed by atoms with Gasteiger partial charge in [-0.3, -0.25) is 9.69 Å². The molecule has 0 N–H and O–H groups in total. The van der Waals surface area contributed by atoms with E-state index < -0.39 is 0 Å². The monoisotopic (exact) mass is 474 g/mol. The van der Waals surface area contributed by atoms with Crippen LogP contribution in [-0.4, -0.2) is 35.9 Å². The number of fused-ring (bicyclic) bond motifs is 1. The molecule has 31 heavy (non-hydrogen) atoms. The minimum Gasteiger partial charge on any atom is -0.376 e. The van der Waals surface area contributed by atoms with Crippen LogP contribution in [0.5, 0.6) is 0 Å². The van der Waals surface area contributed by atoms with Gasteiger partial charge in [-0.05, 0) is 73.4 Å². The van der Waals surface area contributed by atoms with Crippen molar-refractivity contribution in [1.82, 2.24) is 4.98 Å². The number of ether oxygens (including phenoxy) is 1. The van der Waals surface area contributed by atoms with Gasteiger partial charge in [-0.25, -0.2) is 4.98 Å². The molecule has 1 atom stereocenters. The molecule has 1 aliphatic rings. The van der Waals surface area contributed by atoms with Crippen LogP contribution in [0.4, 0.5) is 5.13 Å². The van der Waals surface area contributed by atoms with E-state index in [0.717, 1.165) is 58.4 Å². The molecule has 1 saturated heterocycles. The molecule has 164 valence electrons. The lowest BCUT2D eigenvalue weighted by Crippen LogP contribution is -2.37. The molecule has 1 unspecified atom stereocenters. The van der Waals surface area contributed by atoms with Crippen molar-refractivity contribution in [2.24, 2.45) is 0 Å². The summed E-state index contributed by atoms with van der Waals surface area (Å²) in [6, 6.07) is 14.2. The number of benzene rings is 2. The molecular formula is C24H27ClN2O2S2. The molecule has 0 spiro atoms. The maximum absolute atomic E-state index is 13.2. The van der Waals surface area contributed by atoms with Crippen LogP contribution in [0.2, 0.25) is 5.02 Å². The van der Waals surface area contributed by atoms with Crippen LogP contribution in [0.1, 0.15) is 38.2 Å². The van der Waals surface area contributed by atoms with Crippen molar-refractivity contribution in [2.75, 3.05) is 23.8 Å². The number of nitrogens with zero attached hydrogens (tertiary/aromatic N) is 2. The molecule has 0 saturated carbocycles. The molecule has 1 amide bonds. The highest BCUT2D eigenvalue weighted by atomic mass is 35.5. The molecule has 0 aliphatic carbocycles. The van der Waals surface area contributed by atoms with Gasteiger partial charge in [-0.15, -0.1) is 11.8 Å². The Morgan fingerprint density at radius 2 is 2.13 bits per heavy atom. The number of hydrogen-bond donors (Lipinski definition) is 0. The SMILES string of the molecule is CCc1ccc2nc(N(CC3CCCO3)C(=O)CCCSc3ccc(Cl)cc3)sc2c1. The predicted molar refractivity (Wildman–Crippen MR) is 132 cm³/mol. The number of anilines is 1. The van der Waals surface area contributed by atoms with E-state index in [1.165, 1.54) is 10.5 Å². The van der Waals surface area contributed by atoms with E-state index in [9.17, 15) is 4.79 Å². The second kappa shape index (κ2) is 10.8. The highest BCUT2D eigenvalue weighted by Gasteiger charge is 2.26. The Balaban J connectivity index is 1.42. The van der Waals surface area contributed by atoms with E-state index in [4.69, 9.17) is 21.3 Å². The lowest BCUT2D eigenvalue weighted by Gasteiger charge is -2.23. The van der Waals surface area contributed by atoms with Gasteiger partial charge >= 0.3 is 0 Å². The maximum Gasteiger partial charge on any atom is 0.228 e. The quantitative estimate of drug-likeness (QED) is 0.259. The first kappa shape index (κ1) is 22.6. The van der Waals surface area contributed by atoms with Gasteiger partial charge in [-0.2, -0.15) is 0 Å². The average molecular weight is 475 g/mol. The molecule has 1 aliphatic heterocycles. The number of carbonyl (C=O) groups is 1. The Morgan fingerprint density at radius 1 is 1.29 bits per heavy atom. The fraction of sp³-hybridized carbons (Fsp3) is 0.417. The Bertz CT molecular complexity index is 1020. The predicted octanol–water partition coefficient (Wildman–Crippen LogP) is 6.60. The van der Waals surface area contributed by atoms with E-state index in [1.54, 1.807) is 23.1 Å². The molecule has 2 heterocycles. The van der Waals surface area contributed by atoms with Crippen molar-refractivity contribution in [3.8, 4) is 0 Å². The molecule has 3 aromatic rings. The maximum atomic E-state index is 13.2. The molecule has 0 radical (unpaired) electrons. The van der Waals surface area contributed by atoms with E-state index in [-0.39, 0.29) is 12.0 Å². The van der Waals surface area contributed by atoms with Crippen LogP contribution in [0.3, 0.4) is 0 Å². The smallest absolute Gasteiger partial charge is 0.228 e. The Kier molecular flexibility index (Phi) is 7.88. The van der Waals surface area contributed by atoms with Gasteiger partial charge < -0.3 is 4.74 Å². The number of halogens is 1. The first-order valence-corrected chi connectivity index (χ1v) is 13.0. The Morgan fingerprint density at radius 3 is 2.87 bits per heavy atom. The van der Waals surface area contributed by atoms with Crippen molar-refractivity contribution < 1.29 is 9.53 Å². The third-order valence-corrected chi connectivity index (χ3v) is 7.80. The van der Waals surface area contributed by atoms with Crippen molar-refractivity contribution >= 4 is 56.0 Å². The molecule has 7 heteroatoms. The molecule has 4 nitrogen and oxygen atoms in total. The van der Waals surface area contributed by atoms with Gasteiger partial charge in [0.1, 0.15) is 0 Å². The molecule has 1 fully saturated rings. The third-order valence-electron chi connectivity index (χ3n) is 5.41. The normalized spacial score (nSPS) is 16.1. The van der Waals surface area contributed by atoms with Gasteiger partial charge in [0.25, 0.3) is 0 Å². The van der Waals surface area contributed by atoms with Crippen LogP contribution >= 0.6 is 34.7 Å². The van der Waals surface area contributed by atoms with Gasteiger partial charge in [0, 0.05) is 22.9 Å². The number of thiazole rings is 1. The number of aromatic nitrogens is 1. The second-order valence-electron chi connectivity index (χ2n) is 7.70. The highest BCUT2D eigenvalue weighted by Crippen LogP contribution is 2.31. The topological polar surface area (TPSA) is 42.4 Å². The van der Waals surface area contributed by atoms with Crippen LogP contribution in [0.15, 0.2) is 47.4 Å². The third kappa shape index (κ3) is 6.01. The lowest BCUT2D eigenvalue weighted by molar-refractivity contribution is -0.119. The summed E-state index contributed by atoms with van der Waals surface area (Å²) in [4.78, 5) is 21.0. The van der Waals surface area contributed by atoms with Crippen LogP contribution in [0.25, 0.3) is 10.2 Å². The zero-order valence-electron chi connectivity index (χ0n) is 17.7. The van der Waals surface area contributed by atoms with Gasteiger partial charge in [0.15, 0.2) is 5.13 Å². The Hall–Kier alpha value is -1.60. The number of thioether (sulfide) groups is 1. The largest absolute Gasteiger partial charge is 0.376 e. The molecule has 0 bridgehead atoms. The van der Waals surface area contributed by atoms with Crippen molar-refractivity contribution in [3.63, 3.8) is 0 Å². The van der Waals surface area contributed by atoms with E-state index in [2.05, 4.69) is 25.1 Å². The summed E-state index contributed by atoms with van der Waals surface area (Å²) < 4.78 is 6.96. The fourth-order valence-corrected chi connectivity index (χ4v) is 5.68. The van der Waals surface area contributed by atoms with Crippen molar-refractivity contribution in [2.45, 2.75) is 50.0 Å².